The molecule has 0 fully saturated rings. The zero-order valence-corrected chi connectivity index (χ0v) is 18.5. The molecule has 0 aliphatic carbocycles. The van der Waals surface area contributed by atoms with E-state index < -0.39 is 5.25 Å². The molecule has 4 rings (SSSR count). The molecule has 0 saturated heterocycles. The van der Waals surface area contributed by atoms with E-state index in [-0.39, 0.29) is 18.0 Å². The second kappa shape index (κ2) is 8.99. The molecule has 0 bridgehead atoms. The Balaban J connectivity index is 1.67. The van der Waals surface area contributed by atoms with Gasteiger partial charge in [0.05, 0.1) is 29.0 Å². The van der Waals surface area contributed by atoms with Crippen molar-refractivity contribution < 1.29 is 9.21 Å². The molecule has 2 aromatic heterocycles. The van der Waals surface area contributed by atoms with E-state index in [2.05, 4.69) is 10.3 Å². The normalized spacial score (nSPS) is 12.1. The van der Waals surface area contributed by atoms with Crippen LogP contribution in [0.2, 0.25) is 5.02 Å². The Labute approximate surface area is 188 Å². The maximum Gasteiger partial charge on any atom is 0.262 e. The summed E-state index contributed by atoms with van der Waals surface area (Å²) in [7, 11) is 0. The van der Waals surface area contributed by atoms with Gasteiger partial charge in [0.25, 0.3) is 5.56 Å². The van der Waals surface area contributed by atoms with Crippen molar-refractivity contribution in [1.29, 1.82) is 0 Å². The molecule has 8 heteroatoms. The third-order valence-corrected chi connectivity index (χ3v) is 6.04. The molecule has 0 radical (unpaired) electrons. The highest BCUT2D eigenvalue weighted by atomic mass is 35.5. The predicted octanol–water partition coefficient (Wildman–Crippen LogP) is 5.12. The predicted molar refractivity (Wildman–Crippen MR) is 124 cm³/mol. The van der Waals surface area contributed by atoms with Crippen molar-refractivity contribution >= 4 is 45.9 Å². The van der Waals surface area contributed by atoms with E-state index in [1.807, 2.05) is 31.2 Å². The summed E-state index contributed by atoms with van der Waals surface area (Å²) in [5.74, 6) is 0.441. The smallest absolute Gasteiger partial charge is 0.262 e. The van der Waals surface area contributed by atoms with Crippen molar-refractivity contribution in [3.05, 3.63) is 87.6 Å². The molecule has 1 unspecified atom stereocenters. The van der Waals surface area contributed by atoms with Crippen LogP contribution in [0.25, 0.3) is 10.9 Å². The number of fused-ring (bicyclic) bond motifs is 1. The molecule has 0 saturated carbocycles. The van der Waals surface area contributed by atoms with Crippen molar-refractivity contribution in [2.24, 2.45) is 0 Å². The Morgan fingerprint density at radius 2 is 2.06 bits per heavy atom. The van der Waals surface area contributed by atoms with Gasteiger partial charge in [-0.3, -0.25) is 14.2 Å². The quantitative estimate of drug-likeness (QED) is 0.324. The highest BCUT2D eigenvalue weighted by Crippen LogP contribution is 2.25. The largest absolute Gasteiger partial charge is 0.467 e. The minimum Gasteiger partial charge on any atom is -0.467 e. The first-order valence-electron chi connectivity index (χ1n) is 9.67. The molecule has 2 aromatic carbocycles. The first kappa shape index (κ1) is 21.2. The average Bonchev–Trinajstić information content (AvgIpc) is 3.24. The summed E-state index contributed by atoms with van der Waals surface area (Å²) >= 11 is 7.32. The monoisotopic (exact) mass is 453 g/mol. The summed E-state index contributed by atoms with van der Waals surface area (Å²) in [5, 5.41) is 3.79. The number of amides is 1. The van der Waals surface area contributed by atoms with Crippen LogP contribution >= 0.6 is 23.4 Å². The lowest BCUT2D eigenvalue weighted by molar-refractivity contribution is -0.115. The summed E-state index contributed by atoms with van der Waals surface area (Å²) in [6.45, 7) is 3.96. The van der Waals surface area contributed by atoms with Gasteiger partial charge in [-0.25, -0.2) is 4.98 Å². The number of furan rings is 1. The van der Waals surface area contributed by atoms with Crippen molar-refractivity contribution in [1.82, 2.24) is 9.55 Å². The number of thioether (sulfide) groups is 1. The van der Waals surface area contributed by atoms with E-state index in [1.54, 1.807) is 43.5 Å². The minimum atomic E-state index is -0.494. The molecule has 1 amide bonds. The highest BCUT2D eigenvalue weighted by molar-refractivity contribution is 8.00. The number of carbonyl (C=O) groups is 1. The number of hydrogen-bond acceptors (Lipinski definition) is 5. The fourth-order valence-corrected chi connectivity index (χ4v) is 4.21. The first-order chi connectivity index (χ1) is 14.9. The van der Waals surface area contributed by atoms with E-state index in [0.29, 0.717) is 26.8 Å². The number of anilines is 1. The number of nitrogens with one attached hydrogen (secondary N) is 1. The Morgan fingerprint density at radius 1 is 1.23 bits per heavy atom. The number of halogens is 1. The molecule has 0 aliphatic heterocycles. The molecular formula is C23H20ClN3O3S. The molecule has 0 aliphatic rings. The number of aromatic nitrogens is 2. The van der Waals surface area contributed by atoms with Crippen molar-refractivity contribution in [3.63, 3.8) is 0 Å². The van der Waals surface area contributed by atoms with Gasteiger partial charge in [-0.2, -0.15) is 0 Å². The summed E-state index contributed by atoms with van der Waals surface area (Å²) < 4.78 is 6.95. The van der Waals surface area contributed by atoms with Crippen molar-refractivity contribution in [2.75, 3.05) is 5.32 Å². The van der Waals surface area contributed by atoms with Gasteiger partial charge in [0, 0.05) is 10.7 Å². The maximum absolute atomic E-state index is 13.2. The Morgan fingerprint density at radius 3 is 2.81 bits per heavy atom. The second-order valence-corrected chi connectivity index (χ2v) is 8.89. The zero-order valence-electron chi connectivity index (χ0n) is 17.0. The molecule has 0 spiro atoms. The van der Waals surface area contributed by atoms with Crippen LogP contribution < -0.4 is 10.9 Å². The molecule has 4 aromatic rings. The molecule has 6 nitrogen and oxygen atoms in total. The summed E-state index contributed by atoms with van der Waals surface area (Å²) in [6, 6.07) is 16.1. The standard InChI is InChI=1S/C23H20ClN3O3S/c1-14-5-3-6-17(11-14)25-21(28)15(2)31-23-26-20-12-16(24)8-9-19(20)22(29)27(23)13-18-7-4-10-30-18/h3-12,15H,13H2,1-2H3,(H,25,28). The van der Waals surface area contributed by atoms with Crippen molar-refractivity contribution in [3.8, 4) is 0 Å². The van der Waals surface area contributed by atoms with Crippen LogP contribution in [-0.2, 0) is 11.3 Å². The van der Waals surface area contributed by atoms with Gasteiger partial charge in [0.1, 0.15) is 5.76 Å². The molecular weight excluding hydrogens is 434 g/mol. The third kappa shape index (κ3) is 4.84. The van der Waals surface area contributed by atoms with E-state index in [0.717, 1.165) is 11.3 Å². The molecule has 1 atom stereocenters. The molecule has 2 heterocycles. The average molecular weight is 454 g/mol. The first-order valence-corrected chi connectivity index (χ1v) is 10.9. The zero-order chi connectivity index (χ0) is 22.0. The van der Waals surface area contributed by atoms with Crippen LogP contribution in [-0.4, -0.2) is 20.7 Å². The SMILES string of the molecule is Cc1cccc(NC(=O)C(C)Sc2nc3cc(Cl)ccc3c(=O)n2Cc2ccco2)c1. The Bertz CT molecular complexity index is 1300. The third-order valence-electron chi connectivity index (χ3n) is 4.71. The van der Waals surface area contributed by atoms with Crippen LogP contribution in [0.3, 0.4) is 0 Å². The van der Waals surface area contributed by atoms with Gasteiger partial charge in [0.15, 0.2) is 5.16 Å². The highest BCUT2D eigenvalue weighted by Gasteiger charge is 2.20. The molecule has 31 heavy (non-hydrogen) atoms. The van der Waals surface area contributed by atoms with Gasteiger partial charge >= 0.3 is 0 Å². The Hall–Kier alpha value is -3.03. The number of hydrogen-bond donors (Lipinski definition) is 1. The van der Waals surface area contributed by atoms with Gasteiger partial charge in [0.2, 0.25) is 5.91 Å². The van der Waals surface area contributed by atoms with Crippen LogP contribution in [0.5, 0.6) is 0 Å². The number of aryl methyl sites for hydroxylation is 1. The summed E-state index contributed by atoms with van der Waals surface area (Å²) in [4.78, 5) is 30.6. The maximum atomic E-state index is 13.2. The number of carbonyl (C=O) groups excluding carboxylic acids is 1. The van der Waals surface area contributed by atoms with E-state index in [1.165, 1.54) is 16.3 Å². The topological polar surface area (TPSA) is 77.1 Å². The van der Waals surface area contributed by atoms with E-state index >= 15 is 0 Å². The lowest BCUT2D eigenvalue weighted by Gasteiger charge is -2.16. The van der Waals surface area contributed by atoms with Gasteiger partial charge in [-0.1, -0.05) is 35.5 Å². The fraction of sp³-hybridized carbons (Fsp3) is 0.174. The molecule has 158 valence electrons. The van der Waals surface area contributed by atoms with Gasteiger partial charge < -0.3 is 9.73 Å². The lowest BCUT2D eigenvalue weighted by Crippen LogP contribution is -2.27. The second-order valence-electron chi connectivity index (χ2n) is 7.15. The summed E-state index contributed by atoms with van der Waals surface area (Å²) in [6.07, 6.45) is 1.55. The van der Waals surface area contributed by atoms with Crippen LogP contribution in [0.1, 0.15) is 18.2 Å². The number of nitrogens with zero attached hydrogens (tertiary/aromatic N) is 2. The summed E-state index contributed by atoms with van der Waals surface area (Å²) in [5.41, 5.74) is 2.05. The van der Waals surface area contributed by atoms with Crippen LogP contribution in [0, 0.1) is 6.92 Å². The van der Waals surface area contributed by atoms with Gasteiger partial charge in [-0.05, 0) is 61.9 Å². The fourth-order valence-electron chi connectivity index (χ4n) is 3.14. The molecule has 1 N–H and O–H groups in total. The van der Waals surface area contributed by atoms with Crippen LogP contribution in [0.15, 0.2) is 75.2 Å². The number of rotatable bonds is 6. The van der Waals surface area contributed by atoms with E-state index in [9.17, 15) is 9.59 Å². The van der Waals surface area contributed by atoms with Crippen molar-refractivity contribution in [2.45, 2.75) is 30.8 Å². The van der Waals surface area contributed by atoms with E-state index in [4.69, 9.17) is 16.0 Å². The minimum absolute atomic E-state index is 0.180. The van der Waals surface area contributed by atoms with Gasteiger partial charge in [-0.15, -0.1) is 0 Å². The lowest BCUT2D eigenvalue weighted by atomic mass is 10.2. The number of benzene rings is 2. The van der Waals surface area contributed by atoms with Crippen LogP contribution in [0.4, 0.5) is 5.69 Å². The Kier molecular flexibility index (Phi) is 6.15.